The second-order valence-electron chi connectivity index (χ2n) is 5.82. The lowest BCUT2D eigenvalue weighted by Crippen LogP contribution is -2.33. The fraction of sp³-hybridized carbons (Fsp3) is 0.278. The number of hydrogen-bond acceptors (Lipinski definition) is 5. The molecule has 1 aromatic carbocycles. The maximum absolute atomic E-state index is 13.0. The molecule has 0 saturated heterocycles. The number of nitrogens with one attached hydrogen (secondary N) is 1. The van der Waals surface area contributed by atoms with Crippen molar-refractivity contribution >= 4 is 50.8 Å². The summed E-state index contributed by atoms with van der Waals surface area (Å²) >= 11 is 8.69. The minimum absolute atomic E-state index is 0.0818. The van der Waals surface area contributed by atoms with Crippen LogP contribution in [0, 0.1) is 0 Å². The molecular weight excluding hydrogens is 390 g/mol. The van der Waals surface area contributed by atoms with Gasteiger partial charge < -0.3 is 5.32 Å². The highest BCUT2D eigenvalue weighted by atomic mass is 35.5. The minimum atomic E-state index is -0.155. The van der Waals surface area contributed by atoms with E-state index in [0.717, 1.165) is 6.42 Å². The van der Waals surface area contributed by atoms with E-state index in [-0.39, 0.29) is 23.3 Å². The van der Waals surface area contributed by atoms with Gasteiger partial charge in [0.25, 0.3) is 5.56 Å². The van der Waals surface area contributed by atoms with Crippen LogP contribution in [0.3, 0.4) is 0 Å². The Morgan fingerprint density at radius 2 is 2.23 bits per heavy atom. The molecule has 0 aliphatic carbocycles. The van der Waals surface area contributed by atoms with E-state index < -0.39 is 0 Å². The molecule has 1 amide bonds. The Morgan fingerprint density at radius 3 is 2.96 bits per heavy atom. The molecule has 0 aliphatic rings. The molecule has 0 spiro atoms. The normalized spacial score (nSPS) is 12.3. The first-order chi connectivity index (χ1) is 12.5. The predicted molar refractivity (Wildman–Crippen MR) is 109 cm³/mol. The monoisotopic (exact) mass is 407 g/mol. The molecule has 2 heterocycles. The quantitative estimate of drug-likeness (QED) is 0.493. The zero-order valence-corrected chi connectivity index (χ0v) is 16.7. The average molecular weight is 408 g/mol. The maximum atomic E-state index is 13.0. The van der Waals surface area contributed by atoms with Crippen LogP contribution in [-0.4, -0.2) is 27.3 Å². The lowest BCUT2D eigenvalue weighted by Gasteiger charge is -2.14. The molecule has 0 unspecified atom stereocenters. The van der Waals surface area contributed by atoms with Gasteiger partial charge in [-0.05, 0) is 43.0 Å². The molecule has 0 fully saturated rings. The Morgan fingerprint density at radius 1 is 1.42 bits per heavy atom. The smallest absolute Gasteiger partial charge is 0.276 e. The highest BCUT2D eigenvalue weighted by Crippen LogP contribution is 2.24. The van der Waals surface area contributed by atoms with Gasteiger partial charge in [0.05, 0.1) is 17.0 Å². The third-order valence-electron chi connectivity index (χ3n) is 3.87. The summed E-state index contributed by atoms with van der Waals surface area (Å²) in [6.45, 7) is 3.97. The van der Waals surface area contributed by atoms with Crippen molar-refractivity contribution in [3.05, 3.63) is 51.1 Å². The molecule has 2 aromatic heterocycles. The summed E-state index contributed by atoms with van der Waals surface area (Å²) in [5.41, 5.74) is 1.12. The third kappa shape index (κ3) is 4.11. The van der Waals surface area contributed by atoms with Crippen LogP contribution in [0.15, 0.2) is 45.7 Å². The molecule has 1 atom stereocenters. The van der Waals surface area contributed by atoms with Crippen LogP contribution in [0.4, 0.5) is 0 Å². The van der Waals surface area contributed by atoms with Gasteiger partial charge in [0.2, 0.25) is 5.91 Å². The van der Waals surface area contributed by atoms with Crippen molar-refractivity contribution in [2.45, 2.75) is 31.5 Å². The van der Waals surface area contributed by atoms with E-state index in [1.54, 1.807) is 24.3 Å². The van der Waals surface area contributed by atoms with Crippen molar-refractivity contribution < 1.29 is 4.79 Å². The van der Waals surface area contributed by atoms with E-state index in [0.29, 0.717) is 26.1 Å². The fourth-order valence-electron chi connectivity index (χ4n) is 2.38. The third-order valence-corrected chi connectivity index (χ3v) is 5.93. The zero-order chi connectivity index (χ0) is 18.7. The Kier molecular flexibility index (Phi) is 6.01. The van der Waals surface area contributed by atoms with Crippen molar-refractivity contribution in [3.63, 3.8) is 0 Å². The molecule has 8 heteroatoms. The molecule has 26 heavy (non-hydrogen) atoms. The van der Waals surface area contributed by atoms with Crippen LogP contribution in [0.5, 0.6) is 0 Å². The number of aromatic nitrogens is 2. The topological polar surface area (TPSA) is 64.0 Å². The summed E-state index contributed by atoms with van der Waals surface area (Å²) in [7, 11) is 0. The van der Waals surface area contributed by atoms with Gasteiger partial charge in [-0.1, -0.05) is 36.4 Å². The number of halogens is 1. The molecule has 136 valence electrons. The van der Waals surface area contributed by atoms with Crippen molar-refractivity contribution in [2.75, 3.05) is 5.75 Å². The molecule has 0 saturated carbocycles. The fourth-order valence-corrected chi connectivity index (χ4v) is 4.15. The molecule has 5 nitrogen and oxygen atoms in total. The van der Waals surface area contributed by atoms with E-state index in [2.05, 4.69) is 10.3 Å². The van der Waals surface area contributed by atoms with E-state index in [9.17, 15) is 9.59 Å². The highest BCUT2D eigenvalue weighted by molar-refractivity contribution is 7.99. The largest absolute Gasteiger partial charge is 0.353 e. The van der Waals surface area contributed by atoms with Gasteiger partial charge in [-0.25, -0.2) is 4.98 Å². The number of fused-ring (bicyclic) bond motifs is 1. The lowest BCUT2D eigenvalue weighted by molar-refractivity contribution is -0.119. The molecule has 1 N–H and O–H groups in total. The average Bonchev–Trinajstić information content (AvgIpc) is 3.08. The van der Waals surface area contributed by atoms with Crippen LogP contribution >= 0.6 is 34.7 Å². The van der Waals surface area contributed by atoms with Crippen LogP contribution in [0.1, 0.15) is 20.3 Å². The molecule has 0 bridgehead atoms. The molecule has 3 rings (SSSR count). The first-order valence-corrected chi connectivity index (χ1v) is 10.4. The summed E-state index contributed by atoms with van der Waals surface area (Å²) < 4.78 is 2.10. The van der Waals surface area contributed by atoms with Crippen LogP contribution in [0.2, 0.25) is 5.02 Å². The maximum Gasteiger partial charge on any atom is 0.276 e. The summed E-state index contributed by atoms with van der Waals surface area (Å²) in [6.07, 6.45) is 0.864. The Hall–Kier alpha value is -1.83. The highest BCUT2D eigenvalue weighted by Gasteiger charge is 2.16. The summed E-state index contributed by atoms with van der Waals surface area (Å²) in [5, 5.41) is 5.77. The molecular formula is C18H18ClN3O2S2. The standard InChI is InChI=1S/C18H18ClN3O2S2/c1-3-11(2)20-15(23)10-26-18-21-14-7-8-25-16(14)17(24)22(18)13-6-4-5-12(19)9-13/h4-9,11H,3,10H2,1-2H3,(H,20,23)/t11-/m0/s1. The second-order valence-corrected chi connectivity index (χ2v) is 8.11. The van der Waals surface area contributed by atoms with Gasteiger partial charge >= 0.3 is 0 Å². The number of thiophene rings is 1. The number of carbonyl (C=O) groups excluding carboxylic acids is 1. The predicted octanol–water partition coefficient (Wildman–Crippen LogP) is 4.11. The van der Waals surface area contributed by atoms with Crippen LogP contribution in [0.25, 0.3) is 15.9 Å². The SMILES string of the molecule is CC[C@H](C)NC(=O)CSc1nc2ccsc2c(=O)n1-c1cccc(Cl)c1. The van der Waals surface area contributed by atoms with Crippen molar-refractivity contribution in [1.29, 1.82) is 0 Å². The van der Waals surface area contributed by atoms with Crippen molar-refractivity contribution in [2.24, 2.45) is 0 Å². The van der Waals surface area contributed by atoms with Gasteiger partial charge in [0, 0.05) is 11.1 Å². The number of hydrogen-bond donors (Lipinski definition) is 1. The second kappa shape index (κ2) is 8.24. The Labute approximate surface area is 164 Å². The van der Waals surface area contributed by atoms with Crippen molar-refractivity contribution in [1.82, 2.24) is 14.9 Å². The zero-order valence-electron chi connectivity index (χ0n) is 14.4. The van der Waals surface area contributed by atoms with Gasteiger partial charge in [0.1, 0.15) is 4.70 Å². The Bertz CT molecular complexity index is 1000. The number of benzene rings is 1. The van der Waals surface area contributed by atoms with Gasteiger partial charge in [-0.2, -0.15) is 0 Å². The van der Waals surface area contributed by atoms with E-state index in [1.165, 1.54) is 27.7 Å². The van der Waals surface area contributed by atoms with E-state index in [1.807, 2.05) is 25.3 Å². The van der Waals surface area contributed by atoms with Gasteiger partial charge in [-0.15, -0.1) is 11.3 Å². The van der Waals surface area contributed by atoms with Crippen LogP contribution < -0.4 is 10.9 Å². The van der Waals surface area contributed by atoms with Gasteiger partial charge in [0.15, 0.2) is 5.16 Å². The Balaban J connectivity index is 1.99. The first-order valence-electron chi connectivity index (χ1n) is 8.18. The first kappa shape index (κ1) is 18.9. The molecule has 0 aliphatic heterocycles. The molecule has 3 aromatic rings. The number of rotatable bonds is 6. The van der Waals surface area contributed by atoms with E-state index >= 15 is 0 Å². The summed E-state index contributed by atoms with van der Waals surface area (Å²) in [5.74, 6) is 0.106. The molecule has 0 radical (unpaired) electrons. The lowest BCUT2D eigenvalue weighted by atomic mass is 10.3. The summed E-state index contributed by atoms with van der Waals surface area (Å²) in [6, 6.07) is 8.98. The van der Waals surface area contributed by atoms with Crippen molar-refractivity contribution in [3.8, 4) is 5.69 Å². The minimum Gasteiger partial charge on any atom is -0.353 e. The number of carbonyl (C=O) groups is 1. The summed E-state index contributed by atoms with van der Waals surface area (Å²) in [4.78, 5) is 29.7. The van der Waals surface area contributed by atoms with Crippen LogP contribution in [-0.2, 0) is 4.79 Å². The van der Waals surface area contributed by atoms with Gasteiger partial charge in [-0.3, -0.25) is 14.2 Å². The number of thioether (sulfide) groups is 1. The number of nitrogens with zero attached hydrogens (tertiary/aromatic N) is 2. The number of amides is 1. The van der Waals surface area contributed by atoms with E-state index in [4.69, 9.17) is 11.6 Å².